The molecule has 0 aliphatic carbocycles. The van der Waals surface area contributed by atoms with Gasteiger partial charge in [0.25, 0.3) is 11.3 Å². The average Bonchev–Trinajstić information content (AvgIpc) is 2.32. The number of anilines is 2. The van der Waals surface area contributed by atoms with Gasteiger partial charge in [0.15, 0.2) is 0 Å². The van der Waals surface area contributed by atoms with Crippen LogP contribution >= 0.6 is 0 Å². The topological polar surface area (TPSA) is 102 Å². The first-order valence-electron chi connectivity index (χ1n) is 6.09. The largest absolute Gasteiger partial charge is 0.374 e. The number of urea groups is 1. The summed E-state index contributed by atoms with van der Waals surface area (Å²) in [6.07, 6.45) is -0.613. The smallest absolute Gasteiger partial charge is 0.332 e. The Morgan fingerprint density at radius 1 is 1.50 bits per heavy atom. The molecule has 0 spiro atoms. The van der Waals surface area contributed by atoms with E-state index in [2.05, 4.69) is 5.32 Å². The molecule has 2 unspecified atom stereocenters. The summed E-state index contributed by atoms with van der Waals surface area (Å²) in [7, 11) is 0. The van der Waals surface area contributed by atoms with Gasteiger partial charge in [0.1, 0.15) is 6.23 Å². The molecule has 2 atom stereocenters. The Morgan fingerprint density at radius 2 is 2.15 bits per heavy atom. The summed E-state index contributed by atoms with van der Waals surface area (Å²) in [5, 5.41) is 12.1. The van der Waals surface area contributed by atoms with Crippen LogP contribution in [-0.2, 0) is 11.3 Å². The van der Waals surface area contributed by atoms with E-state index in [9.17, 15) is 14.1 Å². The van der Waals surface area contributed by atoms with Gasteiger partial charge in [-0.2, -0.15) is 0 Å². The molecule has 1 rings (SSSR count). The van der Waals surface area contributed by atoms with Crippen molar-refractivity contribution < 1.29 is 18.7 Å². The molecule has 0 fully saturated rings. The summed E-state index contributed by atoms with van der Waals surface area (Å²) >= 11 is -2.40. The quantitative estimate of drug-likeness (QED) is 0.486. The zero-order chi connectivity index (χ0) is 15.3. The Labute approximate surface area is 120 Å². The highest BCUT2D eigenvalue weighted by Gasteiger charge is 2.12. The molecule has 0 aliphatic heterocycles. The lowest BCUT2D eigenvalue weighted by molar-refractivity contribution is 0.190. The average molecular weight is 301 g/mol. The van der Waals surface area contributed by atoms with Gasteiger partial charge >= 0.3 is 6.03 Å². The number of hydrogen-bond acceptors (Lipinski definition) is 4. The van der Waals surface area contributed by atoms with Gasteiger partial charge in [-0.25, -0.2) is 13.7 Å². The van der Waals surface area contributed by atoms with Gasteiger partial charge < -0.3 is 15.3 Å². The summed E-state index contributed by atoms with van der Waals surface area (Å²) in [6.45, 7) is 6.05. The van der Waals surface area contributed by atoms with E-state index in [1.807, 2.05) is 17.7 Å². The third-order valence-electron chi connectivity index (χ3n) is 2.76. The van der Waals surface area contributed by atoms with E-state index in [-0.39, 0.29) is 0 Å². The van der Waals surface area contributed by atoms with Gasteiger partial charge in [0, 0.05) is 17.9 Å². The van der Waals surface area contributed by atoms with Crippen LogP contribution < -0.4 is 14.9 Å². The predicted octanol–water partition coefficient (Wildman–Crippen LogP) is 1.42. The number of benzene rings is 1. The Bertz CT molecular complexity index is 507. The molecule has 112 valence electrons. The molecule has 20 heavy (non-hydrogen) atoms. The predicted molar refractivity (Wildman–Crippen MR) is 78.8 cm³/mol. The molecule has 0 radical (unpaired) electrons. The third kappa shape index (κ3) is 4.48. The van der Waals surface area contributed by atoms with Crippen molar-refractivity contribution in [1.82, 2.24) is 4.72 Å². The molecule has 0 aliphatic rings. The number of rotatable bonds is 5. The molecule has 1 aromatic carbocycles. The van der Waals surface area contributed by atoms with Crippen molar-refractivity contribution in [3.63, 3.8) is 0 Å². The first kappa shape index (κ1) is 16.4. The molecular formula is C12H19N3O4S. The number of aliphatic hydroxyl groups excluding tert-OH is 1. The molecule has 0 saturated carbocycles. The van der Waals surface area contributed by atoms with Crippen molar-refractivity contribution in [2.75, 3.05) is 16.8 Å². The lowest BCUT2D eigenvalue weighted by atomic mass is 10.1. The summed E-state index contributed by atoms with van der Waals surface area (Å²) in [5.41, 5.74) is 2.13. The minimum atomic E-state index is -2.40. The van der Waals surface area contributed by atoms with E-state index < -0.39 is 23.5 Å². The Balaban J connectivity index is 2.88. The molecule has 0 bridgehead atoms. The second-order valence-electron chi connectivity index (χ2n) is 4.22. The third-order valence-corrected chi connectivity index (χ3v) is 3.12. The van der Waals surface area contributed by atoms with Crippen LogP contribution in [0.5, 0.6) is 0 Å². The fourth-order valence-corrected chi connectivity index (χ4v) is 2.07. The highest BCUT2D eigenvalue weighted by molar-refractivity contribution is 7.77. The van der Waals surface area contributed by atoms with Gasteiger partial charge in [-0.15, -0.1) is 0 Å². The van der Waals surface area contributed by atoms with Gasteiger partial charge in [-0.05, 0) is 44.5 Å². The molecule has 4 N–H and O–H groups in total. The number of aliphatic hydroxyl groups is 1. The standard InChI is InChI=1S/C12H19N3O4S/c1-4-15(9(3)16)10-5-6-11(8(2)7-10)13-12(17)14-20(18)19/h5-7,9,16H,4H2,1-3H3,(H,18,19)(H2,13,14,17). The van der Waals surface area contributed by atoms with Crippen molar-refractivity contribution in [3.05, 3.63) is 23.8 Å². The Kier molecular flexibility index (Phi) is 5.93. The van der Waals surface area contributed by atoms with Crippen molar-refractivity contribution in [2.45, 2.75) is 27.0 Å². The molecule has 1 aromatic rings. The Morgan fingerprint density at radius 3 is 2.60 bits per heavy atom. The normalized spacial score (nSPS) is 13.4. The molecule has 2 amide bonds. The van der Waals surface area contributed by atoms with E-state index in [0.29, 0.717) is 12.2 Å². The van der Waals surface area contributed by atoms with Crippen LogP contribution in [0.4, 0.5) is 16.2 Å². The number of aryl methyl sites for hydroxylation is 1. The van der Waals surface area contributed by atoms with Crippen molar-refractivity contribution in [2.24, 2.45) is 0 Å². The fourth-order valence-electron chi connectivity index (χ4n) is 1.86. The molecule has 0 saturated heterocycles. The zero-order valence-electron chi connectivity index (χ0n) is 11.6. The second kappa shape index (κ2) is 7.22. The first-order chi connectivity index (χ1) is 9.35. The van der Waals surface area contributed by atoms with Crippen LogP contribution in [0.2, 0.25) is 0 Å². The maximum atomic E-state index is 11.3. The van der Waals surface area contributed by atoms with Crippen molar-refractivity contribution in [3.8, 4) is 0 Å². The highest BCUT2D eigenvalue weighted by atomic mass is 32.2. The zero-order valence-corrected chi connectivity index (χ0v) is 12.4. The van der Waals surface area contributed by atoms with Gasteiger partial charge in [-0.3, -0.25) is 4.55 Å². The minimum Gasteiger partial charge on any atom is -0.374 e. The molecular weight excluding hydrogens is 282 g/mol. The van der Waals surface area contributed by atoms with Crippen LogP contribution in [0.1, 0.15) is 19.4 Å². The van der Waals surface area contributed by atoms with E-state index >= 15 is 0 Å². The van der Waals surface area contributed by atoms with Gasteiger partial charge in [0.2, 0.25) is 0 Å². The van der Waals surface area contributed by atoms with Gasteiger partial charge in [0.05, 0.1) is 0 Å². The Hall–Kier alpha value is -1.64. The van der Waals surface area contributed by atoms with Crippen LogP contribution in [0, 0.1) is 6.92 Å². The van der Waals surface area contributed by atoms with E-state index in [1.165, 1.54) is 0 Å². The molecule has 0 heterocycles. The van der Waals surface area contributed by atoms with E-state index in [4.69, 9.17) is 4.55 Å². The highest BCUT2D eigenvalue weighted by Crippen LogP contribution is 2.23. The van der Waals surface area contributed by atoms with Crippen LogP contribution in [0.15, 0.2) is 18.2 Å². The number of amides is 2. The van der Waals surface area contributed by atoms with Gasteiger partial charge in [-0.1, -0.05) is 0 Å². The first-order valence-corrected chi connectivity index (χ1v) is 7.19. The van der Waals surface area contributed by atoms with Crippen molar-refractivity contribution in [1.29, 1.82) is 0 Å². The fraction of sp³-hybridized carbons (Fsp3) is 0.417. The lowest BCUT2D eigenvalue weighted by Gasteiger charge is -2.27. The van der Waals surface area contributed by atoms with E-state index in [0.717, 1.165) is 11.3 Å². The summed E-state index contributed by atoms with van der Waals surface area (Å²) < 4.78 is 20.8. The second-order valence-corrected chi connectivity index (χ2v) is 4.92. The number of hydrogen-bond donors (Lipinski definition) is 4. The van der Waals surface area contributed by atoms with Crippen LogP contribution in [0.25, 0.3) is 0 Å². The molecule has 7 nitrogen and oxygen atoms in total. The summed E-state index contributed by atoms with van der Waals surface area (Å²) in [6, 6.07) is 4.50. The molecule has 0 aromatic heterocycles. The molecule has 8 heteroatoms. The number of carbonyl (C=O) groups excluding carboxylic acids is 1. The summed E-state index contributed by atoms with van der Waals surface area (Å²) in [5.74, 6) is 0. The van der Waals surface area contributed by atoms with Crippen LogP contribution in [-0.4, -0.2) is 32.7 Å². The lowest BCUT2D eigenvalue weighted by Crippen LogP contribution is -2.32. The van der Waals surface area contributed by atoms with E-state index in [1.54, 1.807) is 30.9 Å². The van der Waals surface area contributed by atoms with Crippen LogP contribution in [0.3, 0.4) is 0 Å². The number of nitrogens with one attached hydrogen (secondary N) is 2. The maximum Gasteiger partial charge on any atom is 0.332 e. The minimum absolute atomic E-state index is 0.526. The maximum absolute atomic E-state index is 11.3. The SMILES string of the molecule is CCN(c1ccc(NC(=O)NS(=O)O)c(C)c1)C(C)O. The van der Waals surface area contributed by atoms with Crippen molar-refractivity contribution >= 4 is 28.7 Å². The summed E-state index contributed by atoms with van der Waals surface area (Å²) in [4.78, 5) is 13.1. The number of carbonyl (C=O) groups is 1. The monoisotopic (exact) mass is 301 g/mol. The number of nitrogens with zero attached hydrogens (tertiary/aromatic N) is 1.